The van der Waals surface area contributed by atoms with E-state index in [4.69, 9.17) is 6.42 Å². The van der Waals surface area contributed by atoms with Crippen molar-refractivity contribution in [3.05, 3.63) is 29.8 Å². The van der Waals surface area contributed by atoms with E-state index in [1.165, 1.54) is 0 Å². The maximum Gasteiger partial charge on any atom is 0.178 e. The molecule has 1 unspecified atom stereocenters. The lowest BCUT2D eigenvalue weighted by atomic mass is 9.98. The van der Waals surface area contributed by atoms with Crippen molar-refractivity contribution in [3.63, 3.8) is 0 Å². The highest BCUT2D eigenvalue weighted by molar-refractivity contribution is 7.91. The molecule has 0 spiro atoms. The molecule has 0 amide bonds. The Hall–Kier alpha value is -1.27. The Labute approximate surface area is 97.6 Å². The number of hydrogen-bond donors (Lipinski definition) is 0. The first-order valence-electron chi connectivity index (χ1n) is 5.27. The van der Waals surface area contributed by atoms with E-state index in [9.17, 15) is 8.42 Å². The van der Waals surface area contributed by atoms with Crippen LogP contribution in [0.15, 0.2) is 29.2 Å². The molecule has 0 saturated heterocycles. The summed E-state index contributed by atoms with van der Waals surface area (Å²) in [5, 5.41) is 0. The van der Waals surface area contributed by atoms with E-state index in [1.807, 2.05) is 19.1 Å². The summed E-state index contributed by atoms with van der Waals surface area (Å²) in [6.45, 7) is 3.67. The number of sulfone groups is 1. The Kier molecular flexibility index (Phi) is 4.14. The predicted molar refractivity (Wildman–Crippen MR) is 66.0 cm³/mol. The molecule has 0 aromatic heterocycles. The lowest BCUT2D eigenvalue weighted by Gasteiger charge is -2.09. The van der Waals surface area contributed by atoms with E-state index in [1.54, 1.807) is 19.1 Å². The van der Waals surface area contributed by atoms with Gasteiger partial charge in [-0.1, -0.05) is 26.0 Å². The minimum atomic E-state index is -3.09. The van der Waals surface area contributed by atoms with Gasteiger partial charge in [0.25, 0.3) is 0 Å². The zero-order valence-corrected chi connectivity index (χ0v) is 10.4. The van der Waals surface area contributed by atoms with Gasteiger partial charge in [-0.15, -0.1) is 12.3 Å². The normalized spacial score (nSPS) is 13.1. The van der Waals surface area contributed by atoms with E-state index >= 15 is 0 Å². The largest absolute Gasteiger partial charge is 0.224 e. The first kappa shape index (κ1) is 12.8. The lowest BCUT2D eigenvalue weighted by molar-refractivity contribution is 0.597. The van der Waals surface area contributed by atoms with Crippen LogP contribution < -0.4 is 0 Å². The van der Waals surface area contributed by atoms with E-state index in [2.05, 4.69) is 5.92 Å². The topological polar surface area (TPSA) is 34.1 Å². The lowest BCUT2D eigenvalue weighted by Crippen LogP contribution is -2.03. The molecule has 2 nitrogen and oxygen atoms in total. The number of terminal acetylenes is 1. The van der Waals surface area contributed by atoms with Crippen molar-refractivity contribution in [1.29, 1.82) is 0 Å². The van der Waals surface area contributed by atoms with E-state index < -0.39 is 9.84 Å². The Balaban J connectivity index is 2.97. The Morgan fingerprint density at radius 1 is 1.31 bits per heavy atom. The van der Waals surface area contributed by atoms with E-state index in [0.29, 0.717) is 11.3 Å². The minimum Gasteiger partial charge on any atom is -0.224 e. The van der Waals surface area contributed by atoms with Crippen molar-refractivity contribution < 1.29 is 8.42 Å². The molecule has 1 aromatic rings. The van der Waals surface area contributed by atoms with Crippen molar-refractivity contribution in [3.8, 4) is 12.3 Å². The van der Waals surface area contributed by atoms with Gasteiger partial charge >= 0.3 is 0 Å². The highest BCUT2D eigenvalue weighted by atomic mass is 32.2. The van der Waals surface area contributed by atoms with Gasteiger partial charge < -0.3 is 0 Å². The van der Waals surface area contributed by atoms with E-state index in [-0.39, 0.29) is 11.7 Å². The van der Waals surface area contributed by atoms with Crippen LogP contribution in [0.2, 0.25) is 0 Å². The molecular weight excluding hydrogens is 220 g/mol. The van der Waals surface area contributed by atoms with Crippen molar-refractivity contribution in [1.82, 2.24) is 0 Å². The van der Waals surface area contributed by atoms with Crippen LogP contribution in [0.1, 0.15) is 31.7 Å². The first-order chi connectivity index (χ1) is 7.51. The van der Waals surface area contributed by atoms with Gasteiger partial charge in [-0.25, -0.2) is 8.42 Å². The van der Waals surface area contributed by atoms with Gasteiger partial charge in [0.15, 0.2) is 9.84 Å². The zero-order valence-electron chi connectivity index (χ0n) is 9.60. The zero-order chi connectivity index (χ0) is 12.2. The van der Waals surface area contributed by atoms with Gasteiger partial charge in [0, 0.05) is 6.42 Å². The molecule has 0 radical (unpaired) electrons. The fraction of sp³-hybridized carbons (Fsp3) is 0.385. The molecule has 0 saturated carbocycles. The second kappa shape index (κ2) is 5.18. The summed E-state index contributed by atoms with van der Waals surface area (Å²) < 4.78 is 23.2. The van der Waals surface area contributed by atoms with Crippen LogP contribution >= 0.6 is 0 Å². The Bertz CT molecular complexity index is 478. The third-order valence-corrected chi connectivity index (χ3v) is 4.36. The fourth-order valence-corrected chi connectivity index (χ4v) is 2.35. The number of rotatable bonds is 4. The van der Waals surface area contributed by atoms with Crippen LogP contribution in [-0.2, 0) is 9.84 Å². The third-order valence-electron chi connectivity index (χ3n) is 2.61. The summed E-state index contributed by atoms with van der Waals surface area (Å²) in [7, 11) is -3.09. The molecule has 86 valence electrons. The summed E-state index contributed by atoms with van der Waals surface area (Å²) >= 11 is 0. The van der Waals surface area contributed by atoms with Crippen LogP contribution in [0.3, 0.4) is 0 Å². The summed E-state index contributed by atoms with van der Waals surface area (Å²) in [6.07, 6.45) is 5.91. The maximum absolute atomic E-state index is 11.6. The third kappa shape index (κ3) is 2.86. The molecule has 3 heteroatoms. The second-order valence-corrected chi connectivity index (χ2v) is 6.06. The van der Waals surface area contributed by atoms with Crippen LogP contribution in [0.5, 0.6) is 0 Å². The molecule has 0 N–H and O–H groups in total. The average molecular weight is 236 g/mol. The molecule has 0 aliphatic rings. The summed E-state index contributed by atoms with van der Waals surface area (Å²) in [5.74, 6) is 3.00. The van der Waals surface area contributed by atoms with Gasteiger partial charge in [0.2, 0.25) is 0 Å². The molecule has 1 aromatic carbocycles. The minimum absolute atomic E-state index is 0.131. The predicted octanol–water partition coefficient (Wildman–Crippen LogP) is 2.61. The summed E-state index contributed by atoms with van der Waals surface area (Å²) in [4.78, 5) is 0.381. The van der Waals surface area contributed by atoms with Gasteiger partial charge in [0.05, 0.1) is 10.6 Å². The molecular formula is C13H16O2S. The summed E-state index contributed by atoms with van der Waals surface area (Å²) in [5.41, 5.74) is 1.08. The van der Waals surface area contributed by atoms with Crippen molar-refractivity contribution in [2.24, 2.45) is 0 Å². The molecule has 0 fully saturated rings. The van der Waals surface area contributed by atoms with Gasteiger partial charge in [-0.3, -0.25) is 0 Å². The van der Waals surface area contributed by atoms with Crippen LogP contribution in [0, 0.1) is 12.3 Å². The monoisotopic (exact) mass is 236 g/mol. The highest BCUT2D eigenvalue weighted by Crippen LogP contribution is 2.20. The molecule has 0 heterocycles. The molecule has 0 bridgehead atoms. The van der Waals surface area contributed by atoms with Crippen LogP contribution in [-0.4, -0.2) is 14.2 Å². The van der Waals surface area contributed by atoms with Crippen molar-refractivity contribution in [2.75, 3.05) is 5.75 Å². The van der Waals surface area contributed by atoms with Crippen molar-refractivity contribution in [2.45, 2.75) is 31.1 Å². The fourth-order valence-electron chi connectivity index (χ4n) is 1.46. The number of benzene rings is 1. The average Bonchev–Trinajstić information content (AvgIpc) is 2.29. The SMILES string of the molecule is C#CCC(C)c1ccc(S(=O)(=O)CC)cc1. The smallest absolute Gasteiger partial charge is 0.178 e. The highest BCUT2D eigenvalue weighted by Gasteiger charge is 2.11. The Morgan fingerprint density at radius 3 is 2.31 bits per heavy atom. The number of hydrogen-bond acceptors (Lipinski definition) is 2. The van der Waals surface area contributed by atoms with Crippen LogP contribution in [0.4, 0.5) is 0 Å². The molecule has 16 heavy (non-hydrogen) atoms. The van der Waals surface area contributed by atoms with E-state index in [0.717, 1.165) is 5.56 Å². The first-order valence-corrected chi connectivity index (χ1v) is 6.92. The maximum atomic E-state index is 11.6. The molecule has 1 atom stereocenters. The standard InChI is InChI=1S/C13H16O2S/c1-4-6-11(3)12-7-9-13(10-8-12)16(14,15)5-2/h1,7-11H,5-6H2,2-3H3. The van der Waals surface area contributed by atoms with Gasteiger partial charge in [0.1, 0.15) is 0 Å². The van der Waals surface area contributed by atoms with Gasteiger partial charge in [-0.2, -0.15) is 0 Å². The van der Waals surface area contributed by atoms with Crippen molar-refractivity contribution >= 4 is 9.84 Å². The Morgan fingerprint density at radius 2 is 1.88 bits per heavy atom. The molecule has 0 aliphatic carbocycles. The molecule has 0 aliphatic heterocycles. The van der Waals surface area contributed by atoms with Crippen LogP contribution in [0.25, 0.3) is 0 Å². The second-order valence-electron chi connectivity index (χ2n) is 3.78. The summed E-state index contributed by atoms with van der Waals surface area (Å²) in [6, 6.07) is 6.98. The quantitative estimate of drug-likeness (QED) is 0.753. The molecule has 1 rings (SSSR count). The van der Waals surface area contributed by atoms with Gasteiger partial charge in [-0.05, 0) is 23.6 Å².